The normalized spacial score (nSPS) is 12.1. The van der Waals surface area contributed by atoms with Crippen LogP contribution >= 0.6 is 11.6 Å². The molecular formula is C18H28ClIN2O3S. The summed E-state index contributed by atoms with van der Waals surface area (Å²) < 4.78 is 5.26. The van der Waals surface area contributed by atoms with Gasteiger partial charge in [0.2, 0.25) is 5.91 Å². The Morgan fingerprint density at radius 2 is 1.77 bits per heavy atom. The Morgan fingerprint density at radius 3 is 2.27 bits per heavy atom. The summed E-state index contributed by atoms with van der Waals surface area (Å²) in [5.74, 6) is 0.640. The predicted octanol–water partition coefficient (Wildman–Crippen LogP) is 0.122. The molecule has 1 atom stereocenters. The lowest BCUT2D eigenvalue weighted by molar-refractivity contribution is -0.123. The van der Waals surface area contributed by atoms with Crippen molar-refractivity contribution < 1.29 is 38.3 Å². The van der Waals surface area contributed by atoms with Gasteiger partial charge >= 0.3 is 6.09 Å². The smallest absolute Gasteiger partial charge is 0.408 e. The van der Waals surface area contributed by atoms with E-state index in [1.165, 1.54) is 0 Å². The van der Waals surface area contributed by atoms with Gasteiger partial charge in [-0.1, -0.05) is 23.7 Å². The third-order valence-electron chi connectivity index (χ3n) is 3.20. The largest absolute Gasteiger partial charge is 1.00 e. The van der Waals surface area contributed by atoms with Gasteiger partial charge in [-0.15, -0.1) is 0 Å². The molecule has 0 saturated heterocycles. The first kappa shape index (κ1) is 25.3. The molecule has 0 unspecified atom stereocenters. The molecule has 5 nitrogen and oxygen atoms in total. The van der Waals surface area contributed by atoms with E-state index >= 15 is 0 Å². The summed E-state index contributed by atoms with van der Waals surface area (Å²) in [7, 11) is 0.184. The van der Waals surface area contributed by atoms with E-state index in [1.54, 1.807) is 32.9 Å². The minimum Gasteiger partial charge on any atom is -1.00 e. The Morgan fingerprint density at radius 1 is 1.19 bits per heavy atom. The third kappa shape index (κ3) is 11.1. The molecule has 148 valence electrons. The van der Waals surface area contributed by atoms with Crippen LogP contribution in [0.5, 0.6) is 0 Å². The second kappa shape index (κ2) is 11.9. The summed E-state index contributed by atoms with van der Waals surface area (Å²) in [6.07, 6.45) is 4.21. The first-order valence-electron chi connectivity index (χ1n) is 8.12. The molecule has 8 heteroatoms. The molecule has 0 radical (unpaired) electrons. The van der Waals surface area contributed by atoms with Crippen LogP contribution in [0.3, 0.4) is 0 Å². The minimum absolute atomic E-state index is 0. The number of benzene rings is 1. The van der Waals surface area contributed by atoms with E-state index in [0.717, 1.165) is 11.3 Å². The van der Waals surface area contributed by atoms with Crippen LogP contribution in [-0.2, 0) is 27.0 Å². The molecule has 0 aliphatic heterocycles. The van der Waals surface area contributed by atoms with Gasteiger partial charge in [0.1, 0.15) is 17.4 Å². The van der Waals surface area contributed by atoms with Gasteiger partial charge in [-0.05, 0) is 49.4 Å². The molecule has 0 aliphatic rings. The lowest BCUT2D eigenvalue weighted by Crippen LogP contribution is -3.00. The Kier molecular flexibility index (Phi) is 11.6. The second-order valence-corrected chi connectivity index (χ2v) is 9.84. The number of carbonyl (C=O) groups excluding carboxylic acids is 2. The van der Waals surface area contributed by atoms with Crippen molar-refractivity contribution in [1.82, 2.24) is 10.6 Å². The lowest BCUT2D eigenvalue weighted by atomic mass is 10.2. The maximum Gasteiger partial charge on any atom is 0.408 e. The minimum atomic E-state index is -0.614. The molecule has 0 heterocycles. The van der Waals surface area contributed by atoms with Gasteiger partial charge in [-0.3, -0.25) is 4.79 Å². The molecule has 0 spiro atoms. The highest BCUT2D eigenvalue weighted by Crippen LogP contribution is 2.10. The summed E-state index contributed by atoms with van der Waals surface area (Å²) in [6.45, 7) is 5.75. The van der Waals surface area contributed by atoms with Crippen molar-refractivity contribution in [3.8, 4) is 0 Å². The molecule has 1 aromatic rings. The summed E-state index contributed by atoms with van der Waals surface area (Å²) in [6, 6.07) is 6.65. The van der Waals surface area contributed by atoms with Gasteiger partial charge in [-0.25, -0.2) is 4.79 Å². The Hall–Kier alpha value is -0.670. The average molecular weight is 515 g/mol. The highest BCUT2D eigenvalue weighted by atomic mass is 127. The first-order valence-corrected chi connectivity index (χ1v) is 10.7. The molecule has 1 rings (SSSR count). The van der Waals surface area contributed by atoms with E-state index in [2.05, 4.69) is 23.1 Å². The van der Waals surface area contributed by atoms with Crippen molar-refractivity contribution in [3.05, 3.63) is 34.9 Å². The lowest BCUT2D eigenvalue weighted by Gasteiger charge is -2.23. The summed E-state index contributed by atoms with van der Waals surface area (Å²) in [5.41, 5.74) is 0.341. The molecular weight excluding hydrogens is 487 g/mol. The fourth-order valence-electron chi connectivity index (χ4n) is 1.99. The maximum absolute atomic E-state index is 12.5. The average Bonchev–Trinajstić information content (AvgIpc) is 2.48. The fraction of sp³-hybridized carbons (Fsp3) is 0.556. The van der Waals surface area contributed by atoms with E-state index < -0.39 is 17.7 Å². The van der Waals surface area contributed by atoms with Crippen LogP contribution in [0.4, 0.5) is 4.79 Å². The third-order valence-corrected chi connectivity index (χ3v) is 4.51. The molecule has 0 fully saturated rings. The van der Waals surface area contributed by atoms with Gasteiger partial charge in [0.05, 0.1) is 12.5 Å². The van der Waals surface area contributed by atoms with Crippen LogP contribution in [0.25, 0.3) is 0 Å². The van der Waals surface area contributed by atoms with Crippen LogP contribution in [-0.4, -0.2) is 41.9 Å². The molecule has 0 saturated carbocycles. The number of halogens is 2. The zero-order chi connectivity index (χ0) is 19.0. The van der Waals surface area contributed by atoms with E-state index in [9.17, 15) is 9.59 Å². The second-order valence-electron chi connectivity index (χ2n) is 7.02. The summed E-state index contributed by atoms with van der Waals surface area (Å²) >= 11 is 5.86. The molecule has 2 amide bonds. The quantitative estimate of drug-likeness (QED) is 0.401. The van der Waals surface area contributed by atoms with Gasteiger partial charge in [0, 0.05) is 18.0 Å². The van der Waals surface area contributed by atoms with Gasteiger partial charge in [-0.2, -0.15) is 0 Å². The van der Waals surface area contributed by atoms with Crippen molar-refractivity contribution >= 4 is 34.5 Å². The van der Waals surface area contributed by atoms with E-state index in [-0.39, 0.29) is 40.8 Å². The van der Waals surface area contributed by atoms with Crippen molar-refractivity contribution in [2.24, 2.45) is 0 Å². The van der Waals surface area contributed by atoms with Crippen LogP contribution in [0, 0.1) is 0 Å². The van der Waals surface area contributed by atoms with E-state index in [1.807, 2.05) is 12.1 Å². The molecule has 1 aromatic carbocycles. The van der Waals surface area contributed by atoms with Crippen LogP contribution < -0.4 is 34.6 Å². The standard InChI is InChI=1S/C18H27ClN2O3S.HI/c1-18(2,3)24-17(23)21-15(10-11-25(4)5)16(22)20-12-13-6-8-14(19)9-7-13;/h6-9,15H,10-12H2,1-5H3,(H-,20,21,22,23);1H/t15-;/m0./s1. The molecule has 0 aromatic heterocycles. The Bertz CT molecular complexity index is 577. The van der Waals surface area contributed by atoms with Crippen LogP contribution in [0.2, 0.25) is 5.02 Å². The molecule has 26 heavy (non-hydrogen) atoms. The number of hydrogen-bond donors (Lipinski definition) is 2. The Balaban J connectivity index is 0.00000625. The van der Waals surface area contributed by atoms with E-state index in [4.69, 9.17) is 16.3 Å². The first-order chi connectivity index (χ1) is 11.6. The summed E-state index contributed by atoms with van der Waals surface area (Å²) in [4.78, 5) is 24.5. The molecule has 2 N–H and O–H groups in total. The van der Waals surface area contributed by atoms with Gasteiger partial charge in [0.25, 0.3) is 0 Å². The van der Waals surface area contributed by atoms with Gasteiger partial charge < -0.3 is 39.3 Å². The number of carbonyl (C=O) groups is 2. The maximum atomic E-state index is 12.5. The highest BCUT2D eigenvalue weighted by molar-refractivity contribution is 7.95. The van der Waals surface area contributed by atoms with Crippen LogP contribution in [0.15, 0.2) is 24.3 Å². The van der Waals surface area contributed by atoms with Crippen molar-refractivity contribution in [2.45, 2.75) is 45.4 Å². The van der Waals surface area contributed by atoms with Crippen molar-refractivity contribution in [1.29, 1.82) is 0 Å². The van der Waals surface area contributed by atoms with Crippen molar-refractivity contribution in [2.75, 3.05) is 18.3 Å². The predicted molar refractivity (Wildman–Crippen MR) is 105 cm³/mol. The van der Waals surface area contributed by atoms with Crippen molar-refractivity contribution in [3.63, 3.8) is 0 Å². The topological polar surface area (TPSA) is 67.4 Å². The van der Waals surface area contributed by atoms with Crippen LogP contribution in [0.1, 0.15) is 32.8 Å². The molecule has 0 aliphatic carbocycles. The number of rotatable bonds is 7. The van der Waals surface area contributed by atoms with Gasteiger partial charge in [0.15, 0.2) is 0 Å². The SMILES string of the molecule is C[S+](C)CC[C@H](NC(=O)OC(C)(C)C)C(=O)NCc1ccc(Cl)cc1.[I-]. The highest BCUT2D eigenvalue weighted by Gasteiger charge is 2.25. The number of ether oxygens (including phenoxy) is 1. The summed E-state index contributed by atoms with van der Waals surface area (Å²) in [5, 5.41) is 6.20. The fourth-order valence-corrected chi connectivity index (χ4v) is 2.82. The monoisotopic (exact) mass is 514 g/mol. The Labute approximate surface area is 181 Å². The number of amides is 2. The number of alkyl carbamates (subject to hydrolysis) is 1. The number of hydrogen-bond acceptors (Lipinski definition) is 3. The zero-order valence-electron chi connectivity index (χ0n) is 15.9. The molecule has 0 bridgehead atoms. The zero-order valence-corrected chi connectivity index (χ0v) is 19.6. The van der Waals surface area contributed by atoms with E-state index in [0.29, 0.717) is 18.0 Å². The number of nitrogens with one attached hydrogen (secondary N) is 2.